The Balaban J connectivity index is 1.67. The van der Waals surface area contributed by atoms with Gasteiger partial charge in [-0.3, -0.25) is 4.79 Å². The van der Waals surface area contributed by atoms with Crippen LogP contribution in [-0.4, -0.2) is 41.7 Å². The lowest BCUT2D eigenvalue weighted by molar-refractivity contribution is -0.135. The topological polar surface area (TPSA) is 34.5 Å². The Labute approximate surface area is 95.8 Å². The van der Waals surface area contributed by atoms with Crippen LogP contribution in [0.15, 0.2) is 24.5 Å². The van der Waals surface area contributed by atoms with E-state index >= 15 is 0 Å². The minimum Gasteiger partial charge on any atom is -0.378 e. The van der Waals surface area contributed by atoms with Crippen molar-refractivity contribution in [1.29, 1.82) is 0 Å². The van der Waals surface area contributed by atoms with Crippen molar-refractivity contribution in [3.05, 3.63) is 24.5 Å². The normalized spacial score (nSPS) is 16.4. The highest BCUT2D eigenvalue weighted by Crippen LogP contribution is 2.04. The molecule has 1 aromatic rings. The molecule has 1 aromatic heterocycles. The van der Waals surface area contributed by atoms with Crippen molar-refractivity contribution in [3.8, 4) is 0 Å². The van der Waals surface area contributed by atoms with Gasteiger partial charge in [0.05, 0.1) is 13.2 Å². The highest BCUT2D eigenvalue weighted by atomic mass is 16.5. The molecule has 0 radical (unpaired) electrons. The van der Waals surface area contributed by atoms with E-state index in [0.717, 1.165) is 26.1 Å². The minimum absolute atomic E-state index is 0.260. The van der Waals surface area contributed by atoms with Crippen molar-refractivity contribution in [2.75, 3.05) is 26.3 Å². The summed E-state index contributed by atoms with van der Waals surface area (Å²) in [7, 11) is 0. The summed E-state index contributed by atoms with van der Waals surface area (Å²) < 4.78 is 7.32. The van der Waals surface area contributed by atoms with Gasteiger partial charge in [-0.15, -0.1) is 0 Å². The number of carbonyl (C=O) groups excluding carboxylic acids is 1. The smallest absolute Gasteiger partial charge is 0.222 e. The largest absolute Gasteiger partial charge is 0.378 e. The van der Waals surface area contributed by atoms with Gasteiger partial charge in [0.1, 0.15) is 0 Å². The van der Waals surface area contributed by atoms with Crippen LogP contribution >= 0.6 is 0 Å². The maximum atomic E-state index is 11.8. The Morgan fingerprint density at radius 3 is 2.56 bits per heavy atom. The molecule has 1 aliphatic rings. The molecule has 4 heteroatoms. The van der Waals surface area contributed by atoms with E-state index in [1.807, 2.05) is 29.4 Å². The molecule has 2 heterocycles. The highest BCUT2D eigenvalue weighted by molar-refractivity contribution is 5.76. The first-order valence-electron chi connectivity index (χ1n) is 5.82. The quantitative estimate of drug-likeness (QED) is 0.765. The van der Waals surface area contributed by atoms with E-state index in [1.54, 1.807) is 0 Å². The SMILES string of the molecule is O=C(CCCn1cccc1)N1CCOCC1. The Kier molecular flexibility index (Phi) is 3.99. The fourth-order valence-corrected chi connectivity index (χ4v) is 1.90. The molecular weight excluding hydrogens is 204 g/mol. The molecule has 1 fully saturated rings. The highest BCUT2D eigenvalue weighted by Gasteiger charge is 2.15. The number of morpholine rings is 1. The number of rotatable bonds is 4. The van der Waals surface area contributed by atoms with Gasteiger partial charge < -0.3 is 14.2 Å². The summed E-state index contributed by atoms with van der Waals surface area (Å²) in [5.74, 6) is 0.260. The van der Waals surface area contributed by atoms with E-state index in [2.05, 4.69) is 4.57 Å². The summed E-state index contributed by atoms with van der Waals surface area (Å²) in [6.45, 7) is 3.79. The molecule has 0 saturated carbocycles. The standard InChI is InChI=1S/C12H18N2O2/c15-12(14-8-10-16-11-9-14)4-3-7-13-5-1-2-6-13/h1-2,5-6H,3-4,7-11H2. The lowest BCUT2D eigenvalue weighted by Gasteiger charge is -2.26. The van der Waals surface area contributed by atoms with Crippen molar-refractivity contribution in [3.63, 3.8) is 0 Å². The Morgan fingerprint density at radius 2 is 1.88 bits per heavy atom. The fourth-order valence-electron chi connectivity index (χ4n) is 1.90. The fraction of sp³-hybridized carbons (Fsp3) is 0.583. The average Bonchev–Trinajstić information content (AvgIpc) is 2.83. The summed E-state index contributed by atoms with van der Waals surface area (Å²) in [6.07, 6.45) is 5.60. The Bertz CT molecular complexity index is 316. The molecule has 0 spiro atoms. The minimum atomic E-state index is 0.260. The van der Waals surface area contributed by atoms with E-state index in [1.165, 1.54) is 0 Å². The molecule has 4 nitrogen and oxygen atoms in total. The molecule has 1 saturated heterocycles. The Hall–Kier alpha value is -1.29. The zero-order valence-corrected chi connectivity index (χ0v) is 9.47. The number of aromatic nitrogens is 1. The van der Waals surface area contributed by atoms with E-state index in [0.29, 0.717) is 19.6 Å². The van der Waals surface area contributed by atoms with Crippen LogP contribution < -0.4 is 0 Å². The number of hydrogen-bond donors (Lipinski definition) is 0. The van der Waals surface area contributed by atoms with Crippen molar-refractivity contribution in [2.45, 2.75) is 19.4 Å². The first-order chi connectivity index (χ1) is 7.86. The first kappa shape index (κ1) is 11.2. The second-order valence-corrected chi connectivity index (χ2v) is 4.02. The molecule has 1 aliphatic heterocycles. The van der Waals surface area contributed by atoms with Crippen LogP contribution in [-0.2, 0) is 16.1 Å². The number of amides is 1. The van der Waals surface area contributed by atoms with Crippen LogP contribution in [0.1, 0.15) is 12.8 Å². The summed E-state index contributed by atoms with van der Waals surface area (Å²) >= 11 is 0. The van der Waals surface area contributed by atoms with Gasteiger partial charge in [0.25, 0.3) is 0 Å². The molecule has 0 aromatic carbocycles. The molecule has 88 valence electrons. The molecule has 16 heavy (non-hydrogen) atoms. The second-order valence-electron chi connectivity index (χ2n) is 4.02. The van der Waals surface area contributed by atoms with Crippen LogP contribution in [0.5, 0.6) is 0 Å². The summed E-state index contributed by atoms with van der Waals surface area (Å²) in [6, 6.07) is 4.01. The lowest BCUT2D eigenvalue weighted by atomic mass is 10.2. The molecule has 0 bridgehead atoms. The zero-order valence-electron chi connectivity index (χ0n) is 9.47. The third-order valence-corrected chi connectivity index (χ3v) is 2.84. The van der Waals surface area contributed by atoms with Crippen LogP contribution in [0.4, 0.5) is 0 Å². The van der Waals surface area contributed by atoms with Gasteiger partial charge in [-0.2, -0.15) is 0 Å². The van der Waals surface area contributed by atoms with Crippen molar-refractivity contribution < 1.29 is 9.53 Å². The van der Waals surface area contributed by atoms with Gasteiger partial charge >= 0.3 is 0 Å². The number of nitrogens with zero attached hydrogens (tertiary/aromatic N) is 2. The molecule has 0 aliphatic carbocycles. The van der Waals surface area contributed by atoms with Gasteiger partial charge in [0.2, 0.25) is 5.91 Å². The number of carbonyl (C=O) groups is 1. The van der Waals surface area contributed by atoms with E-state index in [9.17, 15) is 4.79 Å². The average molecular weight is 222 g/mol. The van der Waals surface area contributed by atoms with Gasteiger partial charge in [0, 0.05) is 38.4 Å². The molecule has 0 atom stereocenters. The van der Waals surface area contributed by atoms with Gasteiger partial charge in [-0.05, 0) is 18.6 Å². The van der Waals surface area contributed by atoms with Crippen LogP contribution in [0.2, 0.25) is 0 Å². The third-order valence-electron chi connectivity index (χ3n) is 2.84. The van der Waals surface area contributed by atoms with E-state index < -0.39 is 0 Å². The Morgan fingerprint density at radius 1 is 1.19 bits per heavy atom. The van der Waals surface area contributed by atoms with Crippen molar-refractivity contribution in [1.82, 2.24) is 9.47 Å². The summed E-state index contributed by atoms with van der Waals surface area (Å²) in [5.41, 5.74) is 0. The predicted molar refractivity (Wildman–Crippen MR) is 61.1 cm³/mol. The van der Waals surface area contributed by atoms with Gasteiger partial charge in [0.15, 0.2) is 0 Å². The zero-order chi connectivity index (χ0) is 11.2. The number of ether oxygens (including phenoxy) is 1. The molecule has 0 unspecified atom stereocenters. The maximum absolute atomic E-state index is 11.8. The number of hydrogen-bond acceptors (Lipinski definition) is 2. The first-order valence-corrected chi connectivity index (χ1v) is 5.82. The van der Waals surface area contributed by atoms with Gasteiger partial charge in [-0.25, -0.2) is 0 Å². The van der Waals surface area contributed by atoms with Crippen molar-refractivity contribution >= 4 is 5.91 Å². The summed E-state index contributed by atoms with van der Waals surface area (Å²) in [5, 5.41) is 0. The predicted octanol–water partition coefficient (Wildman–Crippen LogP) is 1.13. The molecule has 0 N–H and O–H groups in total. The summed E-state index contributed by atoms with van der Waals surface area (Å²) in [4.78, 5) is 13.7. The lowest BCUT2D eigenvalue weighted by Crippen LogP contribution is -2.40. The van der Waals surface area contributed by atoms with Gasteiger partial charge in [-0.1, -0.05) is 0 Å². The van der Waals surface area contributed by atoms with Crippen LogP contribution in [0.25, 0.3) is 0 Å². The molecule has 1 amide bonds. The molecule has 2 rings (SSSR count). The van der Waals surface area contributed by atoms with Crippen LogP contribution in [0, 0.1) is 0 Å². The van der Waals surface area contributed by atoms with Crippen LogP contribution in [0.3, 0.4) is 0 Å². The molecular formula is C12H18N2O2. The monoisotopic (exact) mass is 222 g/mol. The second kappa shape index (κ2) is 5.70. The van der Waals surface area contributed by atoms with E-state index in [-0.39, 0.29) is 5.91 Å². The number of aryl methyl sites for hydroxylation is 1. The third kappa shape index (κ3) is 3.10. The van der Waals surface area contributed by atoms with E-state index in [4.69, 9.17) is 4.74 Å². The van der Waals surface area contributed by atoms with Crippen molar-refractivity contribution in [2.24, 2.45) is 0 Å². The maximum Gasteiger partial charge on any atom is 0.222 e.